The molecule has 20 heavy (non-hydrogen) atoms. The van der Waals surface area contributed by atoms with Crippen molar-refractivity contribution in [1.29, 1.82) is 0 Å². The second-order valence-corrected chi connectivity index (χ2v) is 5.65. The van der Waals surface area contributed by atoms with Gasteiger partial charge in [-0.3, -0.25) is 4.90 Å². The Balaban J connectivity index is 1.53. The predicted molar refractivity (Wildman–Crippen MR) is 82.4 cm³/mol. The highest BCUT2D eigenvalue weighted by Gasteiger charge is 2.25. The Morgan fingerprint density at radius 3 is 2.50 bits per heavy atom. The molecular weight excluding hydrogens is 246 g/mol. The van der Waals surface area contributed by atoms with Crippen molar-refractivity contribution >= 4 is 0 Å². The molecule has 2 unspecified atom stereocenters. The van der Waals surface area contributed by atoms with Crippen LogP contribution in [0.3, 0.4) is 0 Å². The molecule has 0 spiro atoms. The zero-order valence-electron chi connectivity index (χ0n) is 11.9. The average Bonchev–Trinajstić information content (AvgIpc) is 3.01. The molecule has 0 saturated carbocycles. The number of benzene rings is 1. The topological polar surface area (TPSA) is 34.2 Å². The van der Waals surface area contributed by atoms with Gasteiger partial charge in [0.15, 0.2) is 0 Å². The smallest absolute Gasteiger partial charge is 0.0591 e. The van der Waals surface area contributed by atoms with Crippen LogP contribution in [0.25, 0.3) is 0 Å². The summed E-state index contributed by atoms with van der Waals surface area (Å²) >= 11 is 0. The summed E-state index contributed by atoms with van der Waals surface area (Å²) in [5.41, 5.74) is 7.75. The van der Waals surface area contributed by atoms with Crippen LogP contribution in [-0.4, -0.2) is 28.7 Å². The van der Waals surface area contributed by atoms with Crippen LogP contribution in [0.4, 0.5) is 0 Å². The molecule has 2 aromatic rings. The van der Waals surface area contributed by atoms with Gasteiger partial charge in [0.1, 0.15) is 0 Å². The number of aromatic nitrogens is 1. The molecule has 1 aromatic heterocycles. The summed E-state index contributed by atoms with van der Waals surface area (Å²) in [5.74, 6) is 0. The van der Waals surface area contributed by atoms with E-state index in [1.807, 2.05) is 0 Å². The molecule has 1 aromatic carbocycles. The molecule has 1 fully saturated rings. The molecule has 3 heteroatoms. The minimum atomic E-state index is 0.180. The molecule has 0 radical (unpaired) electrons. The van der Waals surface area contributed by atoms with Gasteiger partial charge in [-0.05, 0) is 37.0 Å². The second-order valence-electron chi connectivity index (χ2n) is 5.65. The number of rotatable bonds is 4. The summed E-state index contributed by atoms with van der Waals surface area (Å²) in [6, 6.07) is 15.4. The van der Waals surface area contributed by atoms with Crippen molar-refractivity contribution in [2.75, 3.05) is 13.1 Å². The second kappa shape index (κ2) is 6.25. The van der Waals surface area contributed by atoms with E-state index in [1.54, 1.807) is 0 Å². The minimum absolute atomic E-state index is 0.180. The average molecular weight is 269 g/mol. The van der Waals surface area contributed by atoms with Crippen molar-refractivity contribution in [3.8, 4) is 0 Å². The van der Waals surface area contributed by atoms with Crippen molar-refractivity contribution in [2.24, 2.45) is 5.73 Å². The molecule has 3 rings (SSSR count). The molecule has 0 aliphatic carbocycles. The zero-order valence-corrected chi connectivity index (χ0v) is 11.9. The summed E-state index contributed by atoms with van der Waals surface area (Å²) < 4.78 is 2.30. The van der Waals surface area contributed by atoms with Crippen LogP contribution in [-0.2, 0) is 6.42 Å². The van der Waals surface area contributed by atoms with Gasteiger partial charge < -0.3 is 10.3 Å². The molecule has 0 amide bonds. The van der Waals surface area contributed by atoms with Gasteiger partial charge in [0.25, 0.3) is 0 Å². The lowest BCUT2D eigenvalue weighted by molar-refractivity contribution is 0.120. The normalized spacial score (nSPS) is 23.9. The van der Waals surface area contributed by atoms with Crippen LogP contribution in [0.2, 0.25) is 0 Å². The van der Waals surface area contributed by atoms with Gasteiger partial charge in [0.05, 0.1) is 6.17 Å². The Morgan fingerprint density at radius 2 is 1.80 bits per heavy atom. The van der Waals surface area contributed by atoms with E-state index in [-0.39, 0.29) is 6.17 Å². The van der Waals surface area contributed by atoms with Gasteiger partial charge >= 0.3 is 0 Å². The highest BCUT2D eigenvalue weighted by Crippen LogP contribution is 2.25. The van der Waals surface area contributed by atoms with Gasteiger partial charge in [0.2, 0.25) is 0 Å². The van der Waals surface area contributed by atoms with E-state index < -0.39 is 0 Å². The number of hydrogen-bond acceptors (Lipinski definition) is 2. The Bertz CT molecular complexity index is 506. The van der Waals surface area contributed by atoms with E-state index in [1.165, 1.54) is 12.0 Å². The SMILES string of the molecule is NC1CC(n2cccc2)CCN1CCc1ccccc1. The van der Waals surface area contributed by atoms with Crippen molar-refractivity contribution in [3.05, 3.63) is 60.4 Å². The number of piperidine rings is 1. The van der Waals surface area contributed by atoms with Crippen molar-refractivity contribution < 1.29 is 0 Å². The van der Waals surface area contributed by atoms with Gasteiger partial charge in [-0.25, -0.2) is 0 Å². The summed E-state index contributed by atoms with van der Waals surface area (Å²) in [5, 5.41) is 0. The van der Waals surface area contributed by atoms with Crippen LogP contribution in [0.5, 0.6) is 0 Å². The summed E-state index contributed by atoms with van der Waals surface area (Å²) in [6.45, 7) is 2.15. The third kappa shape index (κ3) is 3.11. The van der Waals surface area contributed by atoms with Crippen LogP contribution in [0.15, 0.2) is 54.9 Å². The van der Waals surface area contributed by atoms with E-state index in [0.29, 0.717) is 6.04 Å². The molecule has 1 saturated heterocycles. The molecular formula is C17H23N3. The molecule has 2 heterocycles. The fraction of sp³-hybridized carbons (Fsp3) is 0.412. The lowest BCUT2D eigenvalue weighted by atomic mass is 10.0. The van der Waals surface area contributed by atoms with Crippen LogP contribution in [0, 0.1) is 0 Å². The molecule has 0 bridgehead atoms. The highest BCUT2D eigenvalue weighted by molar-refractivity contribution is 5.15. The van der Waals surface area contributed by atoms with Crippen LogP contribution < -0.4 is 5.73 Å². The first-order chi connectivity index (χ1) is 9.83. The first-order valence-electron chi connectivity index (χ1n) is 7.49. The van der Waals surface area contributed by atoms with Crippen molar-refractivity contribution in [3.63, 3.8) is 0 Å². The molecule has 2 atom stereocenters. The van der Waals surface area contributed by atoms with Gasteiger partial charge in [0, 0.05) is 31.5 Å². The predicted octanol–water partition coefficient (Wildman–Crippen LogP) is 2.65. The molecule has 1 aliphatic heterocycles. The Labute approximate surface area is 121 Å². The van der Waals surface area contributed by atoms with E-state index in [0.717, 1.165) is 25.9 Å². The summed E-state index contributed by atoms with van der Waals surface area (Å²) in [7, 11) is 0. The largest absolute Gasteiger partial charge is 0.351 e. The number of nitrogens with two attached hydrogens (primary N) is 1. The molecule has 3 nitrogen and oxygen atoms in total. The molecule has 106 valence electrons. The maximum atomic E-state index is 6.35. The maximum absolute atomic E-state index is 6.35. The summed E-state index contributed by atoms with van der Waals surface area (Å²) in [4.78, 5) is 2.42. The first kappa shape index (κ1) is 13.4. The molecule has 2 N–H and O–H groups in total. The van der Waals surface area contributed by atoms with E-state index in [4.69, 9.17) is 5.73 Å². The van der Waals surface area contributed by atoms with Gasteiger partial charge in [-0.1, -0.05) is 30.3 Å². The minimum Gasteiger partial charge on any atom is -0.351 e. The molecule has 1 aliphatic rings. The Hall–Kier alpha value is -1.58. The summed E-state index contributed by atoms with van der Waals surface area (Å²) in [6.07, 6.45) is 7.80. The van der Waals surface area contributed by atoms with Crippen molar-refractivity contribution in [1.82, 2.24) is 9.47 Å². The maximum Gasteiger partial charge on any atom is 0.0591 e. The lowest BCUT2D eigenvalue weighted by Crippen LogP contribution is -2.48. The fourth-order valence-corrected chi connectivity index (χ4v) is 3.08. The Morgan fingerprint density at radius 1 is 1.05 bits per heavy atom. The van der Waals surface area contributed by atoms with Gasteiger partial charge in [-0.2, -0.15) is 0 Å². The van der Waals surface area contributed by atoms with Gasteiger partial charge in [-0.15, -0.1) is 0 Å². The van der Waals surface area contributed by atoms with Crippen molar-refractivity contribution in [2.45, 2.75) is 31.5 Å². The quantitative estimate of drug-likeness (QED) is 0.926. The third-order valence-electron chi connectivity index (χ3n) is 4.31. The van der Waals surface area contributed by atoms with E-state index in [2.05, 4.69) is 64.3 Å². The van der Waals surface area contributed by atoms with Crippen LogP contribution in [0.1, 0.15) is 24.4 Å². The Kier molecular flexibility index (Phi) is 4.19. The zero-order chi connectivity index (χ0) is 13.8. The lowest BCUT2D eigenvalue weighted by Gasteiger charge is -2.38. The monoisotopic (exact) mass is 269 g/mol. The van der Waals surface area contributed by atoms with Crippen LogP contribution >= 0.6 is 0 Å². The third-order valence-corrected chi connectivity index (χ3v) is 4.31. The number of nitrogens with zero attached hydrogens (tertiary/aromatic N) is 2. The standard InChI is InChI=1S/C17H23N3/c18-17-14-16(19-10-4-5-11-19)9-13-20(17)12-8-15-6-2-1-3-7-15/h1-7,10-11,16-17H,8-9,12-14,18H2. The van der Waals surface area contributed by atoms with E-state index >= 15 is 0 Å². The van der Waals surface area contributed by atoms with E-state index in [9.17, 15) is 0 Å². The first-order valence-corrected chi connectivity index (χ1v) is 7.49. The number of hydrogen-bond donors (Lipinski definition) is 1. The number of likely N-dealkylation sites (tertiary alicyclic amines) is 1. The fourth-order valence-electron chi connectivity index (χ4n) is 3.08. The highest BCUT2D eigenvalue weighted by atomic mass is 15.2.